The molecule has 0 bridgehead atoms. The Morgan fingerprint density at radius 2 is 1.89 bits per heavy atom. The number of rotatable bonds is 8. The highest BCUT2D eigenvalue weighted by atomic mass is 35.5. The van der Waals surface area contributed by atoms with E-state index in [9.17, 15) is 14.0 Å². The number of benzene rings is 3. The molecule has 0 radical (unpaired) electrons. The second-order valence-corrected chi connectivity index (χ2v) is 9.54. The molecule has 1 N–H and O–H groups in total. The van der Waals surface area contributed by atoms with Crippen LogP contribution in [0.3, 0.4) is 0 Å². The summed E-state index contributed by atoms with van der Waals surface area (Å²) < 4.78 is 25.8. The summed E-state index contributed by atoms with van der Waals surface area (Å²) in [5.74, 6) is -0.522. The number of hydrogen-bond acceptors (Lipinski definition) is 6. The Balaban J connectivity index is 1.51. The zero-order valence-electron chi connectivity index (χ0n) is 19.0. The first-order valence-corrected chi connectivity index (χ1v) is 12.4. The molecule has 0 saturated carbocycles. The third-order valence-electron chi connectivity index (χ3n) is 5.04. The highest BCUT2D eigenvalue weighted by Gasteiger charge is 2.33. The summed E-state index contributed by atoms with van der Waals surface area (Å²) in [5.41, 5.74) is 3.85. The molecule has 4 rings (SSSR count). The fourth-order valence-electron chi connectivity index (χ4n) is 3.29. The van der Waals surface area contributed by atoms with Crippen LogP contribution >= 0.6 is 35.6 Å². The van der Waals surface area contributed by atoms with Crippen molar-refractivity contribution in [3.05, 3.63) is 99.2 Å². The van der Waals surface area contributed by atoms with Gasteiger partial charge in [0.2, 0.25) is 0 Å². The number of halogens is 2. The lowest BCUT2D eigenvalue weighted by Gasteiger charge is -2.15. The number of hydrogen-bond donors (Lipinski definition) is 1. The minimum absolute atomic E-state index is 0.0787. The van der Waals surface area contributed by atoms with Crippen molar-refractivity contribution in [3.63, 3.8) is 0 Å². The third-order valence-corrected chi connectivity index (χ3v) is 6.70. The van der Waals surface area contributed by atoms with E-state index in [2.05, 4.69) is 5.43 Å². The normalized spacial score (nSPS) is 14.3. The van der Waals surface area contributed by atoms with Crippen LogP contribution < -0.4 is 14.9 Å². The van der Waals surface area contributed by atoms with Gasteiger partial charge >= 0.3 is 0 Å². The van der Waals surface area contributed by atoms with Gasteiger partial charge in [0, 0.05) is 11.1 Å². The van der Waals surface area contributed by atoms with Gasteiger partial charge in [-0.15, -0.1) is 0 Å². The van der Waals surface area contributed by atoms with Crippen molar-refractivity contribution < 1.29 is 23.5 Å². The van der Waals surface area contributed by atoms with E-state index in [0.717, 1.165) is 16.8 Å². The molecule has 0 unspecified atom stereocenters. The molecule has 1 saturated heterocycles. The van der Waals surface area contributed by atoms with Crippen molar-refractivity contribution in [1.29, 1.82) is 0 Å². The van der Waals surface area contributed by atoms with Gasteiger partial charge in [0.15, 0.2) is 15.8 Å². The predicted octanol–water partition coefficient (Wildman–Crippen LogP) is 6.00. The molecule has 0 atom stereocenters. The van der Waals surface area contributed by atoms with Crippen LogP contribution in [0.25, 0.3) is 6.08 Å². The van der Waals surface area contributed by atoms with Gasteiger partial charge in [0.25, 0.3) is 11.8 Å². The van der Waals surface area contributed by atoms with Gasteiger partial charge in [-0.1, -0.05) is 53.7 Å². The van der Waals surface area contributed by atoms with E-state index in [0.29, 0.717) is 34.1 Å². The molecule has 1 aliphatic heterocycles. The van der Waals surface area contributed by atoms with Gasteiger partial charge in [0.1, 0.15) is 12.4 Å². The van der Waals surface area contributed by atoms with Gasteiger partial charge in [-0.3, -0.25) is 15.0 Å². The second kappa shape index (κ2) is 11.6. The molecule has 2 amide bonds. The lowest BCUT2D eigenvalue weighted by atomic mass is 10.1. The number of nitrogens with one attached hydrogen (secondary N) is 1. The monoisotopic (exact) mass is 542 g/mol. The van der Waals surface area contributed by atoms with Crippen LogP contribution in [-0.4, -0.2) is 27.8 Å². The zero-order valence-corrected chi connectivity index (χ0v) is 21.4. The van der Waals surface area contributed by atoms with Crippen LogP contribution in [0.15, 0.2) is 71.6 Å². The largest absolute Gasteiger partial charge is 0.490 e. The van der Waals surface area contributed by atoms with E-state index in [1.165, 1.54) is 12.1 Å². The SMILES string of the molecule is CCOc1cc(/C=C2/SC(=S)N(NC(=O)c3ccccc3)C2=O)ccc1OCc1c(F)cccc1Cl. The highest BCUT2D eigenvalue weighted by molar-refractivity contribution is 8.26. The van der Waals surface area contributed by atoms with Crippen molar-refractivity contribution in [3.8, 4) is 11.5 Å². The Morgan fingerprint density at radius 3 is 2.61 bits per heavy atom. The smallest absolute Gasteiger partial charge is 0.285 e. The van der Waals surface area contributed by atoms with Gasteiger partial charge in [-0.25, -0.2) is 4.39 Å². The van der Waals surface area contributed by atoms with Crippen LogP contribution in [0.4, 0.5) is 4.39 Å². The average Bonchev–Trinajstić information content (AvgIpc) is 3.12. The number of ether oxygens (including phenoxy) is 2. The molecule has 0 aromatic heterocycles. The summed E-state index contributed by atoms with van der Waals surface area (Å²) in [6, 6.07) is 18.1. The minimum Gasteiger partial charge on any atom is -0.490 e. The molecule has 0 aliphatic carbocycles. The number of hydrazine groups is 1. The molecule has 36 heavy (non-hydrogen) atoms. The maximum absolute atomic E-state index is 14.1. The van der Waals surface area contributed by atoms with Crippen LogP contribution in [0.1, 0.15) is 28.4 Å². The Kier molecular flexibility index (Phi) is 8.25. The fraction of sp³-hybridized carbons (Fsp3) is 0.115. The Morgan fingerprint density at radius 1 is 1.11 bits per heavy atom. The summed E-state index contributed by atoms with van der Waals surface area (Å²) in [4.78, 5) is 25.7. The van der Waals surface area contributed by atoms with Crippen LogP contribution in [0, 0.1) is 5.82 Å². The molecular weight excluding hydrogens is 523 g/mol. The molecule has 10 heteroatoms. The van der Waals surface area contributed by atoms with E-state index in [1.54, 1.807) is 60.7 Å². The van der Waals surface area contributed by atoms with Crippen molar-refractivity contribution in [1.82, 2.24) is 10.4 Å². The van der Waals surface area contributed by atoms with E-state index in [1.807, 2.05) is 6.92 Å². The molecular formula is C26H20ClFN2O4S2. The lowest BCUT2D eigenvalue weighted by molar-refractivity contribution is -0.123. The van der Waals surface area contributed by atoms with Crippen molar-refractivity contribution in [2.75, 3.05) is 6.61 Å². The fourth-order valence-corrected chi connectivity index (χ4v) is 4.69. The lowest BCUT2D eigenvalue weighted by Crippen LogP contribution is -2.44. The van der Waals surface area contributed by atoms with E-state index in [4.69, 9.17) is 33.3 Å². The Hall–Kier alpha value is -3.40. The first-order valence-electron chi connectivity index (χ1n) is 10.8. The number of carbonyl (C=O) groups excluding carboxylic acids is 2. The predicted molar refractivity (Wildman–Crippen MR) is 142 cm³/mol. The molecule has 0 spiro atoms. The molecule has 3 aromatic carbocycles. The van der Waals surface area contributed by atoms with Crippen molar-refractivity contribution >= 4 is 57.8 Å². The van der Waals surface area contributed by atoms with Gasteiger partial charge in [-0.05, 0) is 67.2 Å². The highest BCUT2D eigenvalue weighted by Crippen LogP contribution is 2.35. The van der Waals surface area contributed by atoms with Gasteiger partial charge in [-0.2, -0.15) is 5.01 Å². The molecule has 1 fully saturated rings. The van der Waals surface area contributed by atoms with Crippen LogP contribution in [-0.2, 0) is 11.4 Å². The second-order valence-electron chi connectivity index (χ2n) is 7.45. The van der Waals surface area contributed by atoms with Crippen molar-refractivity contribution in [2.45, 2.75) is 13.5 Å². The molecule has 1 heterocycles. The topological polar surface area (TPSA) is 67.9 Å². The zero-order chi connectivity index (χ0) is 25.7. The van der Waals surface area contributed by atoms with E-state index >= 15 is 0 Å². The molecule has 6 nitrogen and oxygen atoms in total. The number of thioether (sulfide) groups is 1. The standard InChI is InChI=1S/C26H20ClFN2O4S2/c1-2-33-22-13-16(11-12-21(22)34-15-18-19(27)9-6-10-20(18)28)14-23-25(32)30(26(35)36-23)29-24(31)17-7-4-3-5-8-17/h3-14H,2,15H2,1H3,(H,29,31)/b23-14+. The number of carbonyl (C=O) groups is 2. The summed E-state index contributed by atoms with van der Waals surface area (Å²) in [6.45, 7) is 2.11. The molecule has 1 aliphatic rings. The molecule has 184 valence electrons. The van der Waals surface area contributed by atoms with Crippen molar-refractivity contribution in [2.24, 2.45) is 0 Å². The summed E-state index contributed by atoms with van der Waals surface area (Å²) in [6.07, 6.45) is 1.65. The minimum atomic E-state index is -0.460. The Bertz CT molecular complexity index is 1330. The number of nitrogens with zero attached hydrogens (tertiary/aromatic N) is 1. The average molecular weight is 543 g/mol. The van der Waals surface area contributed by atoms with Crippen LogP contribution in [0.5, 0.6) is 11.5 Å². The maximum atomic E-state index is 14.1. The van der Waals surface area contributed by atoms with E-state index < -0.39 is 17.6 Å². The first-order chi connectivity index (χ1) is 17.4. The number of thiocarbonyl (C=S) groups is 1. The third kappa shape index (κ3) is 5.87. The summed E-state index contributed by atoms with van der Waals surface area (Å²) >= 11 is 12.5. The maximum Gasteiger partial charge on any atom is 0.285 e. The molecule has 3 aromatic rings. The quantitative estimate of drug-likeness (QED) is 0.278. The van der Waals surface area contributed by atoms with Gasteiger partial charge < -0.3 is 9.47 Å². The summed E-state index contributed by atoms with van der Waals surface area (Å²) in [5, 5.41) is 1.33. The summed E-state index contributed by atoms with van der Waals surface area (Å²) in [7, 11) is 0. The number of amides is 2. The van der Waals surface area contributed by atoms with E-state index in [-0.39, 0.29) is 21.5 Å². The van der Waals surface area contributed by atoms with Gasteiger partial charge in [0.05, 0.1) is 16.5 Å². The van der Waals surface area contributed by atoms with Crippen LogP contribution in [0.2, 0.25) is 5.02 Å². The first kappa shape index (κ1) is 25.7. The Labute approximate surface area is 222 Å².